The van der Waals surface area contributed by atoms with Crippen LogP contribution in [0.15, 0.2) is 84.9 Å². The minimum absolute atomic E-state index is 0.0444. The standard InChI is InChI=1S/C23H22N2O2/c1-18(26)24-22-14-12-21(13-15-22)23(27)25(16-19-8-4-2-5-9-19)17-20-10-6-3-7-11-20/h2-15H,16-17H2,1H3,(H,24,26). The van der Waals surface area contributed by atoms with E-state index in [-0.39, 0.29) is 11.8 Å². The molecule has 4 heteroatoms. The first kappa shape index (κ1) is 18.4. The van der Waals surface area contributed by atoms with Crippen molar-refractivity contribution in [3.05, 3.63) is 102 Å². The van der Waals surface area contributed by atoms with E-state index >= 15 is 0 Å². The number of nitrogens with one attached hydrogen (secondary N) is 1. The molecule has 1 N–H and O–H groups in total. The van der Waals surface area contributed by atoms with Crippen LogP contribution in [0.4, 0.5) is 5.69 Å². The molecule has 0 fully saturated rings. The van der Waals surface area contributed by atoms with Crippen LogP contribution < -0.4 is 5.32 Å². The van der Waals surface area contributed by atoms with Crippen molar-refractivity contribution >= 4 is 17.5 Å². The highest BCUT2D eigenvalue weighted by molar-refractivity contribution is 5.95. The molecule has 0 atom stereocenters. The molecule has 0 bridgehead atoms. The van der Waals surface area contributed by atoms with E-state index in [4.69, 9.17) is 0 Å². The molecule has 0 aromatic heterocycles. The fraction of sp³-hybridized carbons (Fsp3) is 0.130. The Morgan fingerprint density at radius 2 is 1.22 bits per heavy atom. The molecule has 0 aliphatic heterocycles. The predicted octanol–water partition coefficient (Wildman–Crippen LogP) is 4.49. The molecule has 0 unspecified atom stereocenters. The number of rotatable bonds is 6. The Morgan fingerprint density at radius 3 is 1.67 bits per heavy atom. The highest BCUT2D eigenvalue weighted by Crippen LogP contribution is 2.16. The maximum absolute atomic E-state index is 13.1. The number of hydrogen-bond donors (Lipinski definition) is 1. The van der Waals surface area contributed by atoms with Crippen molar-refractivity contribution in [3.8, 4) is 0 Å². The van der Waals surface area contributed by atoms with Crippen molar-refractivity contribution in [1.82, 2.24) is 4.90 Å². The van der Waals surface area contributed by atoms with Gasteiger partial charge >= 0.3 is 0 Å². The molecule has 3 aromatic carbocycles. The van der Waals surface area contributed by atoms with Gasteiger partial charge in [-0.05, 0) is 35.4 Å². The van der Waals surface area contributed by atoms with Gasteiger partial charge in [0.05, 0.1) is 0 Å². The summed E-state index contributed by atoms with van der Waals surface area (Å²) in [5.74, 6) is -0.180. The van der Waals surface area contributed by atoms with Gasteiger partial charge in [0.15, 0.2) is 0 Å². The van der Waals surface area contributed by atoms with Crippen molar-refractivity contribution in [1.29, 1.82) is 0 Å². The van der Waals surface area contributed by atoms with Crippen molar-refractivity contribution < 1.29 is 9.59 Å². The van der Waals surface area contributed by atoms with Crippen LogP contribution >= 0.6 is 0 Å². The summed E-state index contributed by atoms with van der Waals surface area (Å²) in [6.07, 6.45) is 0. The lowest BCUT2D eigenvalue weighted by Crippen LogP contribution is -2.30. The highest BCUT2D eigenvalue weighted by atomic mass is 16.2. The first-order chi connectivity index (χ1) is 13.1. The average Bonchev–Trinajstić information content (AvgIpc) is 2.69. The minimum Gasteiger partial charge on any atom is -0.330 e. The Hall–Kier alpha value is -3.40. The average molecular weight is 358 g/mol. The molecule has 0 aliphatic rings. The van der Waals surface area contributed by atoms with E-state index in [1.807, 2.05) is 65.6 Å². The number of nitrogens with zero attached hydrogens (tertiary/aromatic N) is 1. The second kappa shape index (κ2) is 8.81. The van der Waals surface area contributed by atoms with Gasteiger partial charge in [0, 0.05) is 31.3 Å². The Morgan fingerprint density at radius 1 is 0.741 bits per heavy atom. The quantitative estimate of drug-likeness (QED) is 0.706. The molecule has 27 heavy (non-hydrogen) atoms. The summed E-state index contributed by atoms with van der Waals surface area (Å²) in [7, 11) is 0. The zero-order valence-electron chi connectivity index (χ0n) is 15.3. The summed E-state index contributed by atoms with van der Waals surface area (Å²) in [6.45, 7) is 2.52. The van der Waals surface area contributed by atoms with Crippen LogP contribution in [-0.4, -0.2) is 16.7 Å². The van der Waals surface area contributed by atoms with Crippen LogP contribution in [0.25, 0.3) is 0 Å². The Balaban J connectivity index is 1.82. The van der Waals surface area contributed by atoms with E-state index in [1.165, 1.54) is 6.92 Å². The first-order valence-electron chi connectivity index (χ1n) is 8.86. The minimum atomic E-state index is -0.135. The van der Waals surface area contributed by atoms with Crippen molar-refractivity contribution in [3.63, 3.8) is 0 Å². The summed E-state index contributed by atoms with van der Waals surface area (Å²) in [4.78, 5) is 26.1. The molecule has 0 heterocycles. The van der Waals surface area contributed by atoms with E-state index in [1.54, 1.807) is 24.3 Å². The largest absolute Gasteiger partial charge is 0.330 e. The number of benzene rings is 3. The third-order valence-corrected chi connectivity index (χ3v) is 4.17. The summed E-state index contributed by atoms with van der Waals surface area (Å²) in [6, 6.07) is 26.9. The van der Waals surface area contributed by atoms with Gasteiger partial charge in [-0.15, -0.1) is 0 Å². The van der Waals surface area contributed by atoms with E-state index in [2.05, 4.69) is 5.32 Å². The highest BCUT2D eigenvalue weighted by Gasteiger charge is 2.17. The zero-order valence-corrected chi connectivity index (χ0v) is 15.3. The van der Waals surface area contributed by atoms with Gasteiger partial charge in [-0.2, -0.15) is 0 Å². The van der Waals surface area contributed by atoms with Crippen LogP contribution in [0.2, 0.25) is 0 Å². The zero-order chi connectivity index (χ0) is 19.1. The van der Waals surface area contributed by atoms with Crippen LogP contribution in [0, 0.1) is 0 Å². The molecule has 0 saturated carbocycles. The van der Waals surface area contributed by atoms with Gasteiger partial charge in [-0.3, -0.25) is 9.59 Å². The molecule has 0 spiro atoms. The second-order valence-corrected chi connectivity index (χ2v) is 6.39. The first-order valence-corrected chi connectivity index (χ1v) is 8.86. The van der Waals surface area contributed by atoms with E-state index in [9.17, 15) is 9.59 Å². The smallest absolute Gasteiger partial charge is 0.254 e. The van der Waals surface area contributed by atoms with Crippen LogP contribution in [0.5, 0.6) is 0 Å². The fourth-order valence-electron chi connectivity index (χ4n) is 2.89. The maximum Gasteiger partial charge on any atom is 0.254 e. The normalized spacial score (nSPS) is 10.3. The fourth-order valence-corrected chi connectivity index (χ4v) is 2.89. The summed E-state index contributed by atoms with van der Waals surface area (Å²) in [5, 5.41) is 2.72. The third-order valence-electron chi connectivity index (χ3n) is 4.17. The van der Waals surface area contributed by atoms with Gasteiger partial charge in [0.1, 0.15) is 0 Å². The number of carbonyl (C=O) groups excluding carboxylic acids is 2. The van der Waals surface area contributed by atoms with Gasteiger partial charge in [0.2, 0.25) is 5.91 Å². The molecular formula is C23H22N2O2. The topological polar surface area (TPSA) is 49.4 Å². The number of carbonyl (C=O) groups is 2. The molecule has 0 saturated heterocycles. The Kier molecular flexibility index (Phi) is 6.00. The molecular weight excluding hydrogens is 336 g/mol. The van der Waals surface area contributed by atoms with E-state index < -0.39 is 0 Å². The molecule has 2 amide bonds. The lowest BCUT2D eigenvalue weighted by atomic mass is 10.1. The van der Waals surface area contributed by atoms with Crippen LogP contribution in [-0.2, 0) is 17.9 Å². The summed E-state index contributed by atoms with van der Waals surface area (Å²) in [5.41, 5.74) is 3.43. The summed E-state index contributed by atoms with van der Waals surface area (Å²) < 4.78 is 0. The molecule has 136 valence electrons. The third kappa shape index (κ3) is 5.28. The number of anilines is 1. The maximum atomic E-state index is 13.1. The predicted molar refractivity (Wildman–Crippen MR) is 107 cm³/mol. The molecule has 4 nitrogen and oxygen atoms in total. The molecule has 0 aliphatic carbocycles. The van der Waals surface area contributed by atoms with Crippen molar-refractivity contribution in [2.45, 2.75) is 20.0 Å². The van der Waals surface area contributed by atoms with Gasteiger partial charge in [-0.25, -0.2) is 0 Å². The van der Waals surface area contributed by atoms with Crippen molar-refractivity contribution in [2.75, 3.05) is 5.32 Å². The lowest BCUT2D eigenvalue weighted by molar-refractivity contribution is -0.114. The molecule has 0 radical (unpaired) electrons. The Labute approximate surface area is 159 Å². The number of amides is 2. The van der Waals surface area contributed by atoms with Gasteiger partial charge in [-0.1, -0.05) is 60.7 Å². The monoisotopic (exact) mass is 358 g/mol. The van der Waals surface area contributed by atoms with E-state index in [0.717, 1.165) is 11.1 Å². The number of hydrogen-bond acceptors (Lipinski definition) is 2. The molecule has 3 aromatic rings. The van der Waals surface area contributed by atoms with E-state index in [0.29, 0.717) is 24.3 Å². The Bertz CT molecular complexity index is 849. The van der Waals surface area contributed by atoms with Crippen molar-refractivity contribution in [2.24, 2.45) is 0 Å². The summed E-state index contributed by atoms with van der Waals surface area (Å²) >= 11 is 0. The van der Waals surface area contributed by atoms with Crippen LogP contribution in [0.3, 0.4) is 0 Å². The second-order valence-electron chi connectivity index (χ2n) is 6.39. The lowest BCUT2D eigenvalue weighted by Gasteiger charge is -2.23. The SMILES string of the molecule is CC(=O)Nc1ccc(C(=O)N(Cc2ccccc2)Cc2ccccc2)cc1. The molecule has 3 rings (SSSR count). The van der Waals surface area contributed by atoms with Gasteiger partial charge < -0.3 is 10.2 Å². The van der Waals surface area contributed by atoms with Crippen LogP contribution in [0.1, 0.15) is 28.4 Å². The van der Waals surface area contributed by atoms with Gasteiger partial charge in [0.25, 0.3) is 5.91 Å².